The van der Waals surface area contributed by atoms with Crippen LogP contribution in [0.15, 0.2) is 23.3 Å². The molecule has 2 atom stereocenters. The number of aliphatic hydroxyl groups excluding tert-OH is 1. The van der Waals surface area contributed by atoms with E-state index in [0.717, 1.165) is 12.0 Å². The van der Waals surface area contributed by atoms with E-state index in [4.69, 9.17) is 9.84 Å². The summed E-state index contributed by atoms with van der Waals surface area (Å²) in [4.78, 5) is 37.7. The summed E-state index contributed by atoms with van der Waals surface area (Å²) >= 11 is 0. The molecule has 3 rings (SSSR count). The highest BCUT2D eigenvalue weighted by molar-refractivity contribution is 6.08. The van der Waals surface area contributed by atoms with Crippen molar-refractivity contribution in [2.24, 2.45) is 4.99 Å². The zero-order valence-electron chi connectivity index (χ0n) is 17.5. The van der Waals surface area contributed by atoms with E-state index in [9.17, 15) is 9.59 Å². The summed E-state index contributed by atoms with van der Waals surface area (Å²) in [5, 5.41) is 15.0. The number of amides is 3. The molecule has 0 spiro atoms. The van der Waals surface area contributed by atoms with Crippen LogP contribution in [0.4, 0.5) is 10.6 Å². The number of aliphatic hydroxyl groups is 1. The number of hydrogen-bond donors (Lipinski definition) is 3. The van der Waals surface area contributed by atoms with Crippen LogP contribution >= 0.6 is 0 Å². The van der Waals surface area contributed by atoms with Gasteiger partial charge in [-0.2, -0.15) is 0 Å². The van der Waals surface area contributed by atoms with Crippen LogP contribution < -0.4 is 10.6 Å². The van der Waals surface area contributed by atoms with Gasteiger partial charge in [-0.15, -0.1) is 0 Å². The molecule has 10 heteroatoms. The number of aliphatic imine (C=N–C) groups is 1. The number of carbonyl (C=O) groups is 2. The quantitative estimate of drug-likeness (QED) is 0.451. The van der Waals surface area contributed by atoms with Gasteiger partial charge >= 0.3 is 6.03 Å². The summed E-state index contributed by atoms with van der Waals surface area (Å²) in [6.45, 7) is 6.26. The second kappa shape index (κ2) is 10.4. The molecule has 0 radical (unpaired) electrons. The maximum absolute atomic E-state index is 12.9. The van der Waals surface area contributed by atoms with Gasteiger partial charge in [0.25, 0.3) is 5.91 Å². The number of rotatable bonds is 11. The fraction of sp³-hybridized carbons (Fsp3) is 0.600. The molecule has 30 heavy (non-hydrogen) atoms. The molecular weight excluding hydrogens is 388 g/mol. The smallest absolute Gasteiger partial charge is 0.328 e. The first kappa shape index (κ1) is 22.0. The Balaban J connectivity index is 1.69. The van der Waals surface area contributed by atoms with Gasteiger partial charge in [0.2, 0.25) is 0 Å². The Kier molecular flexibility index (Phi) is 7.58. The van der Waals surface area contributed by atoms with Gasteiger partial charge < -0.3 is 20.5 Å². The number of ether oxygens (including phenoxy) is 1. The molecule has 2 aliphatic heterocycles. The molecule has 0 bridgehead atoms. The van der Waals surface area contributed by atoms with Crippen LogP contribution in [-0.2, 0) is 9.53 Å². The highest BCUT2D eigenvalue weighted by Crippen LogP contribution is 2.25. The van der Waals surface area contributed by atoms with Gasteiger partial charge in [0.15, 0.2) is 6.17 Å². The first-order valence-corrected chi connectivity index (χ1v) is 10.5. The van der Waals surface area contributed by atoms with E-state index in [1.165, 1.54) is 4.90 Å². The third-order valence-electron chi connectivity index (χ3n) is 4.92. The minimum atomic E-state index is -0.572. The summed E-state index contributed by atoms with van der Waals surface area (Å²) in [6.07, 6.45) is 2.65. The molecule has 0 aromatic carbocycles. The Morgan fingerprint density at radius 3 is 2.67 bits per heavy atom. The average molecular weight is 418 g/mol. The SMILES string of the molecule is CCCN1C(=O)C2NC(c3ccc(NCCOCCO)nc3)=NC2N(CCC)C1=O. The van der Waals surface area contributed by atoms with E-state index in [2.05, 4.69) is 20.6 Å². The third kappa shape index (κ3) is 4.71. The van der Waals surface area contributed by atoms with Crippen molar-refractivity contribution in [2.45, 2.75) is 38.9 Å². The molecule has 1 fully saturated rings. The van der Waals surface area contributed by atoms with Gasteiger partial charge in [0.1, 0.15) is 17.7 Å². The zero-order valence-corrected chi connectivity index (χ0v) is 17.5. The van der Waals surface area contributed by atoms with Crippen molar-refractivity contribution in [2.75, 3.05) is 44.8 Å². The zero-order chi connectivity index (χ0) is 21.5. The molecular formula is C20H30N6O4. The van der Waals surface area contributed by atoms with E-state index >= 15 is 0 Å². The fourth-order valence-corrected chi connectivity index (χ4v) is 3.55. The van der Waals surface area contributed by atoms with Crippen molar-refractivity contribution in [3.8, 4) is 0 Å². The van der Waals surface area contributed by atoms with E-state index in [1.807, 2.05) is 26.0 Å². The normalized spacial score (nSPS) is 20.8. The van der Waals surface area contributed by atoms with Gasteiger partial charge in [-0.1, -0.05) is 13.8 Å². The second-order valence-corrected chi connectivity index (χ2v) is 7.17. The maximum Gasteiger partial charge on any atom is 0.328 e. The molecule has 0 aliphatic carbocycles. The monoisotopic (exact) mass is 418 g/mol. The Morgan fingerprint density at radius 1 is 1.20 bits per heavy atom. The minimum absolute atomic E-state index is 0.00400. The van der Waals surface area contributed by atoms with E-state index in [1.54, 1.807) is 11.1 Å². The molecule has 164 valence electrons. The van der Waals surface area contributed by atoms with Gasteiger partial charge in [-0.25, -0.2) is 14.8 Å². The lowest BCUT2D eigenvalue weighted by Gasteiger charge is -2.40. The second-order valence-electron chi connectivity index (χ2n) is 7.17. The summed E-state index contributed by atoms with van der Waals surface area (Å²) in [5.74, 6) is 1.03. The molecule has 3 heterocycles. The number of anilines is 1. The standard InChI is InChI=1S/C20H30N6O4/c1-3-8-25-18-16(19(28)26(9-4-2)20(25)29)23-17(24-18)14-5-6-15(22-13-14)21-7-11-30-12-10-27/h5-6,13,16,18,27H,3-4,7-12H2,1-2H3,(H,21,22)(H,23,24). The number of nitrogens with zero attached hydrogens (tertiary/aromatic N) is 4. The van der Waals surface area contributed by atoms with Crippen LogP contribution in [0.1, 0.15) is 32.3 Å². The Bertz CT molecular complexity index is 769. The summed E-state index contributed by atoms with van der Waals surface area (Å²) < 4.78 is 5.20. The molecule has 1 aromatic heterocycles. The van der Waals surface area contributed by atoms with Crippen molar-refractivity contribution in [1.29, 1.82) is 0 Å². The first-order valence-electron chi connectivity index (χ1n) is 10.5. The number of carbonyl (C=O) groups excluding carboxylic acids is 2. The maximum atomic E-state index is 12.9. The number of hydrogen-bond acceptors (Lipinski definition) is 8. The molecule has 2 unspecified atom stereocenters. The molecule has 10 nitrogen and oxygen atoms in total. The molecule has 1 aromatic rings. The van der Waals surface area contributed by atoms with Crippen molar-refractivity contribution in [1.82, 2.24) is 20.1 Å². The number of pyridine rings is 1. The molecule has 0 saturated carbocycles. The van der Waals surface area contributed by atoms with E-state index < -0.39 is 12.2 Å². The summed E-state index contributed by atoms with van der Waals surface area (Å²) in [5.41, 5.74) is 0.755. The van der Waals surface area contributed by atoms with Crippen LogP contribution in [0.5, 0.6) is 0 Å². The van der Waals surface area contributed by atoms with Gasteiger partial charge in [-0.05, 0) is 25.0 Å². The largest absolute Gasteiger partial charge is 0.394 e. The average Bonchev–Trinajstić information content (AvgIpc) is 3.20. The van der Waals surface area contributed by atoms with Crippen molar-refractivity contribution in [3.05, 3.63) is 23.9 Å². The highest BCUT2D eigenvalue weighted by atomic mass is 16.5. The lowest BCUT2D eigenvalue weighted by molar-refractivity contribution is -0.134. The molecule has 3 amide bonds. The van der Waals surface area contributed by atoms with Crippen LogP contribution in [-0.4, -0.2) is 89.3 Å². The van der Waals surface area contributed by atoms with Crippen LogP contribution in [0.2, 0.25) is 0 Å². The van der Waals surface area contributed by atoms with E-state index in [-0.39, 0.29) is 18.5 Å². The molecule has 2 aliphatic rings. The summed E-state index contributed by atoms with van der Waals surface area (Å²) in [6, 6.07) is 2.86. The summed E-state index contributed by atoms with van der Waals surface area (Å²) in [7, 11) is 0. The van der Waals surface area contributed by atoms with E-state index in [0.29, 0.717) is 50.9 Å². The van der Waals surface area contributed by atoms with Crippen molar-refractivity contribution < 1.29 is 19.4 Å². The topological polar surface area (TPSA) is 119 Å². The first-order chi connectivity index (χ1) is 14.6. The van der Waals surface area contributed by atoms with Crippen LogP contribution in [0.25, 0.3) is 0 Å². The molecule has 3 N–H and O–H groups in total. The molecule has 1 saturated heterocycles. The van der Waals surface area contributed by atoms with Crippen LogP contribution in [0.3, 0.4) is 0 Å². The number of nitrogens with one attached hydrogen (secondary N) is 2. The number of urea groups is 1. The fourth-order valence-electron chi connectivity index (χ4n) is 3.55. The predicted octanol–water partition coefficient (Wildman–Crippen LogP) is 0.631. The third-order valence-corrected chi connectivity index (χ3v) is 4.92. The minimum Gasteiger partial charge on any atom is -0.394 e. The van der Waals surface area contributed by atoms with Gasteiger partial charge in [0.05, 0.1) is 19.8 Å². The Morgan fingerprint density at radius 2 is 2.00 bits per heavy atom. The van der Waals surface area contributed by atoms with Gasteiger partial charge in [0, 0.05) is 31.4 Å². The number of imide groups is 1. The van der Waals surface area contributed by atoms with Gasteiger partial charge in [-0.3, -0.25) is 14.6 Å². The lowest BCUT2D eigenvalue weighted by Crippen LogP contribution is -2.65. The Hall–Kier alpha value is -2.72. The Labute approximate surface area is 176 Å². The number of fused-ring (bicyclic) bond motifs is 1. The number of amidine groups is 1. The highest BCUT2D eigenvalue weighted by Gasteiger charge is 2.49. The number of aromatic nitrogens is 1. The van der Waals surface area contributed by atoms with Crippen molar-refractivity contribution in [3.63, 3.8) is 0 Å². The van der Waals surface area contributed by atoms with Crippen molar-refractivity contribution >= 4 is 23.6 Å². The predicted molar refractivity (Wildman–Crippen MR) is 112 cm³/mol. The lowest BCUT2D eigenvalue weighted by atomic mass is 10.1. The van der Waals surface area contributed by atoms with Crippen LogP contribution in [0, 0.1) is 0 Å².